The maximum atomic E-state index is 11.0. The second-order valence-corrected chi connectivity index (χ2v) is 2.55. The minimum absolute atomic E-state index is 0.247. The number of nitrogens with one attached hydrogen (secondary N) is 1. The van der Waals surface area contributed by atoms with E-state index in [1.54, 1.807) is 0 Å². The van der Waals surface area contributed by atoms with Gasteiger partial charge in [0, 0.05) is 11.8 Å². The molecule has 0 radical (unpaired) electrons. The molecule has 0 bridgehead atoms. The van der Waals surface area contributed by atoms with E-state index in [4.69, 9.17) is 0 Å². The van der Waals surface area contributed by atoms with Crippen molar-refractivity contribution in [3.05, 3.63) is 23.0 Å². The van der Waals surface area contributed by atoms with Gasteiger partial charge >= 0.3 is 0 Å². The van der Waals surface area contributed by atoms with Gasteiger partial charge in [-0.2, -0.15) is 0 Å². The molecule has 0 aliphatic carbocycles. The highest BCUT2D eigenvalue weighted by atomic mass is 16.2. The second kappa shape index (κ2) is 3.80. The van der Waals surface area contributed by atoms with Gasteiger partial charge in [-0.05, 0) is 12.0 Å². The van der Waals surface area contributed by atoms with E-state index in [1.165, 1.54) is 6.20 Å². The standard InChI is InChI=1S/C9H9NO3/c1-2-6-7(9(13)5-12)3-10-8(6)4-11/h3-5,10H,2H2,1H3. The van der Waals surface area contributed by atoms with Crippen molar-refractivity contribution in [2.24, 2.45) is 0 Å². The molecule has 0 unspecified atom stereocenters. The molecule has 4 heteroatoms. The first-order chi connectivity index (χ1) is 6.24. The summed E-state index contributed by atoms with van der Waals surface area (Å²) >= 11 is 0. The van der Waals surface area contributed by atoms with Crippen LogP contribution in [0.2, 0.25) is 0 Å². The molecule has 0 fully saturated rings. The highest BCUT2D eigenvalue weighted by molar-refractivity contribution is 6.33. The molecule has 1 aromatic rings. The van der Waals surface area contributed by atoms with Gasteiger partial charge in [-0.1, -0.05) is 6.92 Å². The zero-order chi connectivity index (χ0) is 9.84. The van der Waals surface area contributed by atoms with Gasteiger partial charge in [0.05, 0.1) is 5.69 Å². The molecule has 0 atom stereocenters. The van der Waals surface area contributed by atoms with Gasteiger partial charge in [-0.3, -0.25) is 14.4 Å². The summed E-state index contributed by atoms with van der Waals surface area (Å²) in [4.78, 5) is 34.4. The van der Waals surface area contributed by atoms with Crippen LogP contribution in [0.5, 0.6) is 0 Å². The molecule has 4 nitrogen and oxygen atoms in total. The smallest absolute Gasteiger partial charge is 0.227 e. The molecular weight excluding hydrogens is 170 g/mol. The number of ketones is 1. The van der Waals surface area contributed by atoms with Crippen LogP contribution in [0.3, 0.4) is 0 Å². The molecule has 1 aromatic heterocycles. The monoisotopic (exact) mass is 179 g/mol. The van der Waals surface area contributed by atoms with E-state index in [2.05, 4.69) is 4.98 Å². The number of aldehydes is 2. The number of carbonyl (C=O) groups excluding carboxylic acids is 3. The Morgan fingerprint density at radius 1 is 1.54 bits per heavy atom. The van der Waals surface area contributed by atoms with Crippen LogP contribution >= 0.6 is 0 Å². The number of carbonyl (C=O) groups is 3. The van der Waals surface area contributed by atoms with Gasteiger partial charge in [-0.25, -0.2) is 0 Å². The molecule has 0 amide bonds. The average Bonchev–Trinajstić information content (AvgIpc) is 2.58. The van der Waals surface area contributed by atoms with Crippen LogP contribution in [-0.2, 0) is 11.2 Å². The number of H-pyrrole nitrogens is 1. The Labute approximate surface area is 74.9 Å². The lowest BCUT2D eigenvalue weighted by Gasteiger charge is -1.95. The Hall–Kier alpha value is -1.71. The number of rotatable bonds is 4. The third kappa shape index (κ3) is 1.56. The summed E-state index contributed by atoms with van der Waals surface area (Å²) in [6.07, 6.45) is 2.82. The third-order valence-electron chi connectivity index (χ3n) is 1.87. The Balaban J connectivity index is 3.22. The molecule has 0 spiro atoms. The lowest BCUT2D eigenvalue weighted by atomic mass is 10.1. The van der Waals surface area contributed by atoms with Crippen molar-refractivity contribution >= 4 is 18.4 Å². The van der Waals surface area contributed by atoms with Crippen molar-refractivity contribution in [2.45, 2.75) is 13.3 Å². The molecule has 1 rings (SSSR count). The van der Waals surface area contributed by atoms with Crippen molar-refractivity contribution < 1.29 is 14.4 Å². The van der Waals surface area contributed by atoms with E-state index >= 15 is 0 Å². The molecule has 0 saturated carbocycles. The predicted molar refractivity (Wildman–Crippen MR) is 46.0 cm³/mol. The largest absolute Gasteiger partial charge is 0.358 e. The van der Waals surface area contributed by atoms with Crippen LogP contribution in [0, 0.1) is 0 Å². The summed E-state index contributed by atoms with van der Waals surface area (Å²) in [5.74, 6) is -0.596. The lowest BCUT2D eigenvalue weighted by Crippen LogP contribution is -2.02. The molecule has 0 aromatic carbocycles. The Morgan fingerprint density at radius 3 is 2.69 bits per heavy atom. The highest BCUT2D eigenvalue weighted by Gasteiger charge is 2.14. The summed E-state index contributed by atoms with van der Waals surface area (Å²) < 4.78 is 0. The average molecular weight is 179 g/mol. The number of aromatic amines is 1. The van der Waals surface area contributed by atoms with E-state index < -0.39 is 5.78 Å². The van der Waals surface area contributed by atoms with Crippen molar-refractivity contribution in [3.63, 3.8) is 0 Å². The zero-order valence-electron chi connectivity index (χ0n) is 7.16. The van der Waals surface area contributed by atoms with E-state index in [0.29, 0.717) is 29.5 Å². The highest BCUT2D eigenvalue weighted by Crippen LogP contribution is 2.13. The molecule has 1 N–H and O–H groups in total. The van der Waals surface area contributed by atoms with Crippen molar-refractivity contribution in [2.75, 3.05) is 0 Å². The first-order valence-electron chi connectivity index (χ1n) is 3.89. The Kier molecular flexibility index (Phi) is 2.74. The van der Waals surface area contributed by atoms with E-state index in [9.17, 15) is 14.4 Å². The zero-order valence-corrected chi connectivity index (χ0v) is 7.16. The van der Waals surface area contributed by atoms with E-state index in [0.717, 1.165) is 0 Å². The van der Waals surface area contributed by atoms with Gasteiger partial charge in [0.25, 0.3) is 0 Å². The summed E-state index contributed by atoms with van der Waals surface area (Å²) in [6, 6.07) is 0. The van der Waals surface area contributed by atoms with Crippen LogP contribution in [0.1, 0.15) is 33.3 Å². The minimum atomic E-state index is -0.596. The Bertz CT molecular complexity index is 352. The Morgan fingerprint density at radius 2 is 2.23 bits per heavy atom. The first kappa shape index (κ1) is 9.38. The normalized spacial score (nSPS) is 9.62. The van der Waals surface area contributed by atoms with Crippen LogP contribution in [0.15, 0.2) is 6.20 Å². The van der Waals surface area contributed by atoms with Crippen LogP contribution in [-0.4, -0.2) is 23.3 Å². The topological polar surface area (TPSA) is 67.0 Å². The number of Topliss-reactive ketones (excluding diaryl/α,β-unsaturated/α-hetero) is 1. The van der Waals surface area contributed by atoms with Gasteiger partial charge in [0.15, 0.2) is 12.6 Å². The first-order valence-corrected chi connectivity index (χ1v) is 3.89. The van der Waals surface area contributed by atoms with E-state index in [1.807, 2.05) is 6.92 Å². The van der Waals surface area contributed by atoms with Crippen molar-refractivity contribution in [3.8, 4) is 0 Å². The SMILES string of the molecule is CCc1c(C(=O)C=O)c[nH]c1C=O. The van der Waals surface area contributed by atoms with Crippen molar-refractivity contribution in [1.82, 2.24) is 4.98 Å². The summed E-state index contributed by atoms with van der Waals surface area (Å²) in [6.45, 7) is 1.82. The molecule has 68 valence electrons. The van der Waals surface area contributed by atoms with Gasteiger partial charge in [-0.15, -0.1) is 0 Å². The molecular formula is C9H9NO3. The maximum absolute atomic E-state index is 11.0. The molecule has 0 saturated heterocycles. The summed E-state index contributed by atoms with van der Waals surface area (Å²) in [5.41, 5.74) is 1.26. The fraction of sp³-hybridized carbons (Fsp3) is 0.222. The van der Waals surface area contributed by atoms with Crippen LogP contribution in [0.4, 0.5) is 0 Å². The van der Waals surface area contributed by atoms with Crippen LogP contribution in [0.25, 0.3) is 0 Å². The van der Waals surface area contributed by atoms with Gasteiger partial charge < -0.3 is 4.98 Å². The van der Waals surface area contributed by atoms with Crippen LogP contribution < -0.4 is 0 Å². The second-order valence-electron chi connectivity index (χ2n) is 2.55. The van der Waals surface area contributed by atoms with Gasteiger partial charge in [0.2, 0.25) is 5.78 Å². The minimum Gasteiger partial charge on any atom is -0.358 e. The molecule has 1 heterocycles. The van der Waals surface area contributed by atoms with E-state index in [-0.39, 0.29) is 6.29 Å². The fourth-order valence-electron chi connectivity index (χ4n) is 1.24. The third-order valence-corrected chi connectivity index (χ3v) is 1.87. The molecule has 13 heavy (non-hydrogen) atoms. The summed E-state index contributed by atoms with van der Waals surface area (Å²) in [7, 11) is 0. The summed E-state index contributed by atoms with van der Waals surface area (Å²) in [5, 5.41) is 0. The number of hydrogen-bond acceptors (Lipinski definition) is 3. The molecule has 0 aliphatic rings. The fourth-order valence-corrected chi connectivity index (χ4v) is 1.24. The number of hydrogen-bond donors (Lipinski definition) is 1. The lowest BCUT2D eigenvalue weighted by molar-refractivity contribution is -0.104. The predicted octanol–water partition coefficient (Wildman–Crippen LogP) is 0.771. The maximum Gasteiger partial charge on any atom is 0.227 e. The molecule has 0 aliphatic heterocycles. The van der Waals surface area contributed by atoms with Gasteiger partial charge in [0.1, 0.15) is 0 Å². The van der Waals surface area contributed by atoms with Crippen molar-refractivity contribution in [1.29, 1.82) is 0 Å². The quantitative estimate of drug-likeness (QED) is 0.421. The number of aromatic nitrogens is 1.